The maximum absolute atomic E-state index is 11.2. The summed E-state index contributed by atoms with van der Waals surface area (Å²) >= 11 is 0. The zero-order chi connectivity index (χ0) is 9.68. The van der Waals surface area contributed by atoms with Gasteiger partial charge in [0, 0.05) is 12.8 Å². The number of carbonyl (C=O) groups excluding carboxylic acids is 1. The number of hydrogen-bond acceptors (Lipinski definition) is 3. The highest BCUT2D eigenvalue weighted by Crippen LogP contribution is 2.07. The van der Waals surface area contributed by atoms with Crippen molar-refractivity contribution < 1.29 is 19.1 Å². The third-order valence-electron chi connectivity index (χ3n) is 1.59. The Bertz CT molecular complexity index is 287. The van der Waals surface area contributed by atoms with Gasteiger partial charge in [-0.2, -0.15) is 0 Å². The minimum Gasteiger partial charge on any atom is -0.481 e. The summed E-state index contributed by atoms with van der Waals surface area (Å²) < 4.78 is 4.86. The Morgan fingerprint density at radius 1 is 1.38 bits per heavy atom. The van der Waals surface area contributed by atoms with Gasteiger partial charge >= 0.3 is 5.97 Å². The van der Waals surface area contributed by atoms with Gasteiger partial charge < -0.3 is 9.52 Å². The molecule has 4 nitrogen and oxygen atoms in total. The number of furan rings is 1. The van der Waals surface area contributed by atoms with Crippen LogP contribution >= 0.6 is 0 Å². The lowest BCUT2D eigenvalue weighted by atomic mass is 10.1. The SMILES string of the molecule is O=C(O)CCCC(=O)c1ccco1. The van der Waals surface area contributed by atoms with E-state index >= 15 is 0 Å². The summed E-state index contributed by atoms with van der Waals surface area (Å²) in [6.45, 7) is 0. The van der Waals surface area contributed by atoms with E-state index in [4.69, 9.17) is 9.52 Å². The van der Waals surface area contributed by atoms with Gasteiger partial charge in [-0.25, -0.2) is 0 Å². The Hall–Kier alpha value is -1.58. The minimum absolute atomic E-state index is 0.0203. The summed E-state index contributed by atoms with van der Waals surface area (Å²) in [7, 11) is 0. The second kappa shape index (κ2) is 4.45. The first-order valence-electron chi connectivity index (χ1n) is 3.98. The second-order valence-electron chi connectivity index (χ2n) is 2.65. The molecule has 0 aromatic carbocycles. The van der Waals surface area contributed by atoms with Gasteiger partial charge in [-0.3, -0.25) is 9.59 Å². The van der Waals surface area contributed by atoms with Gasteiger partial charge in [-0.05, 0) is 18.6 Å². The van der Waals surface area contributed by atoms with Crippen LogP contribution in [0.25, 0.3) is 0 Å². The molecule has 1 heterocycles. The van der Waals surface area contributed by atoms with E-state index in [1.165, 1.54) is 6.26 Å². The Morgan fingerprint density at radius 2 is 2.15 bits per heavy atom. The van der Waals surface area contributed by atoms with E-state index in [2.05, 4.69) is 0 Å². The number of carboxylic acids is 1. The highest BCUT2D eigenvalue weighted by molar-refractivity contribution is 5.93. The summed E-state index contributed by atoms with van der Waals surface area (Å²) in [6, 6.07) is 3.20. The average molecular weight is 182 g/mol. The molecular weight excluding hydrogens is 172 g/mol. The molecule has 0 saturated carbocycles. The standard InChI is InChI=1S/C9H10O4/c10-7(3-1-5-9(11)12)8-4-2-6-13-8/h2,4,6H,1,3,5H2,(H,11,12). The second-order valence-corrected chi connectivity index (χ2v) is 2.65. The third kappa shape index (κ3) is 3.11. The van der Waals surface area contributed by atoms with Crippen LogP contribution in [-0.2, 0) is 4.79 Å². The third-order valence-corrected chi connectivity index (χ3v) is 1.59. The van der Waals surface area contributed by atoms with Crippen LogP contribution in [0.5, 0.6) is 0 Å². The first kappa shape index (κ1) is 9.51. The Balaban J connectivity index is 2.31. The van der Waals surface area contributed by atoms with Crippen LogP contribution in [-0.4, -0.2) is 16.9 Å². The molecule has 1 aromatic heterocycles. The van der Waals surface area contributed by atoms with Crippen molar-refractivity contribution in [1.29, 1.82) is 0 Å². The van der Waals surface area contributed by atoms with Crippen LogP contribution in [0.2, 0.25) is 0 Å². The molecule has 0 radical (unpaired) electrons. The topological polar surface area (TPSA) is 67.5 Å². The van der Waals surface area contributed by atoms with Crippen molar-refractivity contribution >= 4 is 11.8 Å². The molecule has 0 spiro atoms. The van der Waals surface area contributed by atoms with Crippen molar-refractivity contribution in [3.63, 3.8) is 0 Å². The fourth-order valence-corrected chi connectivity index (χ4v) is 0.961. The molecule has 0 fully saturated rings. The van der Waals surface area contributed by atoms with Crippen LogP contribution < -0.4 is 0 Å². The van der Waals surface area contributed by atoms with Crippen molar-refractivity contribution in [1.82, 2.24) is 0 Å². The van der Waals surface area contributed by atoms with Gasteiger partial charge in [-0.15, -0.1) is 0 Å². The zero-order valence-electron chi connectivity index (χ0n) is 7.03. The van der Waals surface area contributed by atoms with Gasteiger partial charge in [0.1, 0.15) is 0 Å². The van der Waals surface area contributed by atoms with Gasteiger partial charge in [0.15, 0.2) is 11.5 Å². The van der Waals surface area contributed by atoms with Crippen LogP contribution in [0.15, 0.2) is 22.8 Å². The van der Waals surface area contributed by atoms with Crippen LogP contribution in [0.4, 0.5) is 0 Å². The highest BCUT2D eigenvalue weighted by Gasteiger charge is 2.08. The molecule has 13 heavy (non-hydrogen) atoms. The molecular formula is C9H10O4. The number of carboxylic acid groups (broad SMARTS) is 1. The van der Waals surface area contributed by atoms with Crippen LogP contribution in [0.1, 0.15) is 29.8 Å². The van der Waals surface area contributed by atoms with Gasteiger partial charge in [0.25, 0.3) is 0 Å². The molecule has 0 atom stereocenters. The largest absolute Gasteiger partial charge is 0.481 e. The summed E-state index contributed by atoms with van der Waals surface area (Å²) in [5.41, 5.74) is 0. The van der Waals surface area contributed by atoms with E-state index < -0.39 is 5.97 Å². The molecule has 1 aromatic rings. The molecule has 0 unspecified atom stereocenters. The molecule has 0 aliphatic rings. The maximum atomic E-state index is 11.2. The molecule has 0 saturated heterocycles. The van der Waals surface area contributed by atoms with Crippen molar-refractivity contribution in [2.24, 2.45) is 0 Å². The predicted molar refractivity (Wildman–Crippen MR) is 44.5 cm³/mol. The monoisotopic (exact) mass is 182 g/mol. The van der Waals surface area contributed by atoms with Crippen LogP contribution in [0.3, 0.4) is 0 Å². The number of hydrogen-bond donors (Lipinski definition) is 1. The number of Topliss-reactive ketones (excluding diaryl/α,β-unsaturated/α-hetero) is 1. The first-order valence-corrected chi connectivity index (χ1v) is 3.98. The van der Waals surface area contributed by atoms with E-state index in [0.717, 1.165) is 0 Å². The van der Waals surface area contributed by atoms with Crippen LogP contribution in [0, 0.1) is 0 Å². The van der Waals surface area contributed by atoms with E-state index in [0.29, 0.717) is 12.2 Å². The molecule has 0 amide bonds. The number of carbonyl (C=O) groups is 2. The lowest BCUT2D eigenvalue weighted by Crippen LogP contribution is -2.00. The lowest BCUT2D eigenvalue weighted by molar-refractivity contribution is -0.137. The molecule has 0 bridgehead atoms. The molecule has 1 rings (SSSR count). The zero-order valence-corrected chi connectivity index (χ0v) is 7.03. The Labute approximate surface area is 75.2 Å². The maximum Gasteiger partial charge on any atom is 0.303 e. The number of aliphatic carboxylic acids is 1. The molecule has 70 valence electrons. The van der Waals surface area contributed by atoms with Gasteiger partial charge in [0.2, 0.25) is 0 Å². The van der Waals surface area contributed by atoms with Crippen molar-refractivity contribution in [3.8, 4) is 0 Å². The molecule has 4 heteroatoms. The van der Waals surface area contributed by atoms with Crippen molar-refractivity contribution in [2.45, 2.75) is 19.3 Å². The average Bonchev–Trinajstić information content (AvgIpc) is 2.55. The summed E-state index contributed by atoms with van der Waals surface area (Å²) in [5, 5.41) is 8.32. The minimum atomic E-state index is -0.882. The predicted octanol–water partition coefficient (Wildman–Crippen LogP) is 1.72. The van der Waals surface area contributed by atoms with E-state index in [-0.39, 0.29) is 18.6 Å². The molecule has 0 aliphatic carbocycles. The van der Waals surface area contributed by atoms with E-state index in [1.54, 1.807) is 12.1 Å². The highest BCUT2D eigenvalue weighted by atomic mass is 16.4. The van der Waals surface area contributed by atoms with E-state index in [1.807, 2.05) is 0 Å². The summed E-state index contributed by atoms with van der Waals surface area (Å²) in [5.74, 6) is -0.733. The molecule has 1 N–H and O–H groups in total. The quantitative estimate of drug-likeness (QED) is 0.704. The normalized spacial score (nSPS) is 9.85. The van der Waals surface area contributed by atoms with Gasteiger partial charge in [-0.1, -0.05) is 0 Å². The Kier molecular flexibility index (Phi) is 3.25. The van der Waals surface area contributed by atoms with Crippen molar-refractivity contribution in [3.05, 3.63) is 24.2 Å². The molecule has 0 aliphatic heterocycles. The van der Waals surface area contributed by atoms with Crippen molar-refractivity contribution in [2.75, 3.05) is 0 Å². The summed E-state index contributed by atoms with van der Waals surface area (Å²) in [4.78, 5) is 21.3. The number of rotatable bonds is 5. The fourth-order valence-electron chi connectivity index (χ4n) is 0.961. The smallest absolute Gasteiger partial charge is 0.303 e. The van der Waals surface area contributed by atoms with Gasteiger partial charge in [0.05, 0.1) is 6.26 Å². The number of ketones is 1. The lowest BCUT2D eigenvalue weighted by Gasteiger charge is -1.94. The Morgan fingerprint density at radius 3 is 2.69 bits per heavy atom. The fraction of sp³-hybridized carbons (Fsp3) is 0.333. The first-order chi connectivity index (χ1) is 6.20. The van der Waals surface area contributed by atoms with E-state index in [9.17, 15) is 9.59 Å². The summed E-state index contributed by atoms with van der Waals surface area (Å²) in [6.07, 6.45) is 2.02.